The molecule has 2 amide bonds. The quantitative estimate of drug-likeness (QED) is 0.535. The molecule has 1 aliphatic rings. The fraction of sp³-hybridized carbons (Fsp3) is 0.278. The van der Waals surface area contributed by atoms with Gasteiger partial charge >= 0.3 is 12.0 Å². The Morgan fingerprint density at radius 1 is 1.31 bits per heavy atom. The summed E-state index contributed by atoms with van der Waals surface area (Å²) in [5, 5.41) is 6.10. The van der Waals surface area contributed by atoms with E-state index < -0.39 is 12.0 Å². The normalized spacial score (nSPS) is 16.8. The number of amides is 2. The van der Waals surface area contributed by atoms with Crippen molar-refractivity contribution in [2.45, 2.75) is 25.0 Å². The lowest BCUT2D eigenvalue weighted by Gasteiger charge is -2.26. The maximum atomic E-state index is 12.2. The van der Waals surface area contributed by atoms with Crippen molar-refractivity contribution in [3.8, 4) is 11.3 Å². The summed E-state index contributed by atoms with van der Waals surface area (Å²) >= 11 is 1.41. The van der Waals surface area contributed by atoms with Crippen LogP contribution in [0.2, 0.25) is 0 Å². The number of nitrogens with one attached hydrogen (secondary N) is 3. The number of aromatic amines is 1. The fourth-order valence-corrected chi connectivity index (χ4v) is 3.49. The van der Waals surface area contributed by atoms with Gasteiger partial charge in [-0.15, -0.1) is 0 Å². The molecule has 0 fully saturated rings. The Hall–Kier alpha value is -2.74. The molecule has 3 N–H and O–H groups in total. The zero-order chi connectivity index (χ0) is 18.5. The van der Waals surface area contributed by atoms with E-state index in [4.69, 9.17) is 4.74 Å². The second-order valence-corrected chi connectivity index (χ2v) is 6.65. The molecule has 26 heavy (non-hydrogen) atoms. The van der Waals surface area contributed by atoms with Gasteiger partial charge in [0.25, 0.3) is 0 Å². The SMILES string of the molecule is CCOC(=O)C1=C(CSc2ncc(-c3ccccc3)[nH]2)NC(=O)NC1C. The minimum Gasteiger partial charge on any atom is -0.463 e. The molecular formula is C18H20N4O3S. The molecule has 136 valence electrons. The molecule has 1 atom stereocenters. The highest BCUT2D eigenvalue weighted by atomic mass is 32.2. The molecule has 3 rings (SSSR count). The molecule has 0 radical (unpaired) electrons. The van der Waals surface area contributed by atoms with Gasteiger partial charge in [0, 0.05) is 11.4 Å². The first-order chi connectivity index (χ1) is 12.6. The van der Waals surface area contributed by atoms with Crippen LogP contribution in [0, 0.1) is 0 Å². The lowest BCUT2D eigenvalue weighted by atomic mass is 10.1. The van der Waals surface area contributed by atoms with Crippen molar-refractivity contribution in [3.63, 3.8) is 0 Å². The predicted octanol–water partition coefficient (Wildman–Crippen LogP) is 2.69. The first-order valence-corrected chi connectivity index (χ1v) is 9.28. The third kappa shape index (κ3) is 4.08. The number of aromatic nitrogens is 2. The van der Waals surface area contributed by atoms with Gasteiger partial charge in [0.15, 0.2) is 5.16 Å². The summed E-state index contributed by atoms with van der Waals surface area (Å²) in [6, 6.07) is 9.15. The lowest BCUT2D eigenvalue weighted by Crippen LogP contribution is -2.49. The summed E-state index contributed by atoms with van der Waals surface area (Å²) in [6.07, 6.45) is 1.77. The largest absolute Gasteiger partial charge is 0.463 e. The van der Waals surface area contributed by atoms with Gasteiger partial charge < -0.3 is 20.4 Å². The fourth-order valence-electron chi connectivity index (χ4n) is 2.67. The van der Waals surface area contributed by atoms with Crippen LogP contribution in [-0.4, -0.2) is 40.4 Å². The van der Waals surface area contributed by atoms with Crippen LogP contribution in [0.3, 0.4) is 0 Å². The molecule has 0 spiro atoms. The lowest BCUT2D eigenvalue weighted by molar-refractivity contribution is -0.138. The Kier molecular flexibility index (Phi) is 5.62. The topological polar surface area (TPSA) is 96.1 Å². The monoisotopic (exact) mass is 372 g/mol. The number of nitrogens with zero attached hydrogens (tertiary/aromatic N) is 1. The van der Waals surface area contributed by atoms with E-state index >= 15 is 0 Å². The number of rotatable bonds is 6. The van der Waals surface area contributed by atoms with Gasteiger partial charge in [-0.25, -0.2) is 14.6 Å². The van der Waals surface area contributed by atoms with Crippen molar-refractivity contribution in [2.24, 2.45) is 0 Å². The number of urea groups is 1. The van der Waals surface area contributed by atoms with E-state index in [9.17, 15) is 9.59 Å². The third-order valence-corrected chi connectivity index (χ3v) is 4.77. The van der Waals surface area contributed by atoms with Gasteiger partial charge in [-0.2, -0.15) is 0 Å². The number of hydrogen-bond acceptors (Lipinski definition) is 5. The van der Waals surface area contributed by atoms with Gasteiger partial charge in [-0.1, -0.05) is 42.1 Å². The van der Waals surface area contributed by atoms with Gasteiger partial charge in [0.05, 0.1) is 30.1 Å². The predicted molar refractivity (Wildman–Crippen MR) is 99.5 cm³/mol. The second-order valence-electron chi connectivity index (χ2n) is 5.69. The number of ether oxygens (including phenoxy) is 1. The summed E-state index contributed by atoms with van der Waals surface area (Å²) in [5.74, 6) is -0.0271. The summed E-state index contributed by atoms with van der Waals surface area (Å²) in [5.41, 5.74) is 2.94. The van der Waals surface area contributed by atoms with Crippen molar-refractivity contribution in [1.82, 2.24) is 20.6 Å². The van der Waals surface area contributed by atoms with Crippen LogP contribution in [0.15, 0.2) is 53.0 Å². The molecule has 2 aromatic rings. The average molecular weight is 372 g/mol. The summed E-state index contributed by atoms with van der Waals surface area (Å²) in [7, 11) is 0. The molecule has 0 bridgehead atoms. The maximum absolute atomic E-state index is 12.2. The number of thioether (sulfide) groups is 1. The molecule has 2 heterocycles. The van der Waals surface area contributed by atoms with E-state index in [0.717, 1.165) is 11.3 Å². The Morgan fingerprint density at radius 2 is 2.08 bits per heavy atom. The standard InChI is InChI=1S/C18H20N4O3S/c1-3-25-16(23)15-11(2)20-17(24)21-14(15)10-26-18-19-9-13(22-18)12-7-5-4-6-8-12/h4-9,11H,3,10H2,1-2H3,(H,19,22)(H2,20,21,24). The summed E-state index contributed by atoms with van der Waals surface area (Å²) < 4.78 is 5.11. The second kappa shape index (κ2) is 8.09. The van der Waals surface area contributed by atoms with E-state index in [2.05, 4.69) is 20.6 Å². The van der Waals surface area contributed by atoms with E-state index in [1.807, 2.05) is 30.3 Å². The molecule has 1 unspecified atom stereocenters. The summed E-state index contributed by atoms with van der Waals surface area (Å²) in [4.78, 5) is 31.6. The van der Waals surface area contributed by atoms with E-state index in [1.54, 1.807) is 20.0 Å². The van der Waals surface area contributed by atoms with Crippen LogP contribution < -0.4 is 10.6 Å². The number of imidazole rings is 1. The van der Waals surface area contributed by atoms with E-state index in [0.29, 0.717) is 22.2 Å². The Bertz CT molecular complexity index is 832. The number of H-pyrrole nitrogens is 1. The van der Waals surface area contributed by atoms with Crippen molar-refractivity contribution in [3.05, 3.63) is 47.8 Å². The first kappa shape index (κ1) is 18.1. The smallest absolute Gasteiger partial charge is 0.337 e. The van der Waals surface area contributed by atoms with Crippen LogP contribution in [0.4, 0.5) is 4.79 Å². The zero-order valence-electron chi connectivity index (χ0n) is 14.5. The number of hydrogen-bond donors (Lipinski definition) is 3. The zero-order valence-corrected chi connectivity index (χ0v) is 15.4. The summed E-state index contributed by atoms with van der Waals surface area (Å²) in [6.45, 7) is 3.79. The molecular weight excluding hydrogens is 352 g/mol. The van der Waals surface area contributed by atoms with Gasteiger partial charge in [0.2, 0.25) is 0 Å². The van der Waals surface area contributed by atoms with Gasteiger partial charge in [-0.05, 0) is 19.4 Å². The Labute approximate surface area is 155 Å². The Morgan fingerprint density at radius 3 is 2.81 bits per heavy atom. The van der Waals surface area contributed by atoms with Crippen molar-refractivity contribution in [2.75, 3.05) is 12.4 Å². The van der Waals surface area contributed by atoms with Gasteiger partial charge in [-0.3, -0.25) is 0 Å². The minimum absolute atomic E-state index is 0.280. The van der Waals surface area contributed by atoms with E-state index in [-0.39, 0.29) is 12.6 Å². The van der Waals surface area contributed by atoms with E-state index in [1.165, 1.54) is 11.8 Å². The highest BCUT2D eigenvalue weighted by molar-refractivity contribution is 7.99. The molecule has 7 nitrogen and oxygen atoms in total. The molecule has 8 heteroatoms. The Balaban J connectivity index is 1.76. The molecule has 1 aromatic carbocycles. The van der Waals surface area contributed by atoms with Crippen LogP contribution in [-0.2, 0) is 9.53 Å². The molecule has 0 saturated heterocycles. The average Bonchev–Trinajstić information content (AvgIpc) is 3.09. The van der Waals surface area contributed by atoms with Crippen molar-refractivity contribution < 1.29 is 14.3 Å². The number of carbonyl (C=O) groups is 2. The van der Waals surface area contributed by atoms with Crippen LogP contribution in [0.1, 0.15) is 13.8 Å². The molecule has 0 saturated carbocycles. The number of esters is 1. The number of carbonyl (C=O) groups excluding carboxylic acids is 2. The molecule has 1 aliphatic heterocycles. The highest BCUT2D eigenvalue weighted by Crippen LogP contribution is 2.24. The van der Waals surface area contributed by atoms with Crippen molar-refractivity contribution >= 4 is 23.8 Å². The van der Waals surface area contributed by atoms with Crippen LogP contribution in [0.5, 0.6) is 0 Å². The van der Waals surface area contributed by atoms with Crippen LogP contribution >= 0.6 is 11.8 Å². The molecule has 1 aromatic heterocycles. The first-order valence-electron chi connectivity index (χ1n) is 8.29. The van der Waals surface area contributed by atoms with Crippen molar-refractivity contribution in [1.29, 1.82) is 0 Å². The molecule has 0 aliphatic carbocycles. The maximum Gasteiger partial charge on any atom is 0.337 e. The highest BCUT2D eigenvalue weighted by Gasteiger charge is 2.29. The van der Waals surface area contributed by atoms with Gasteiger partial charge in [0.1, 0.15) is 0 Å². The third-order valence-electron chi connectivity index (χ3n) is 3.86. The minimum atomic E-state index is -0.424. The number of benzene rings is 1. The van der Waals surface area contributed by atoms with Crippen LogP contribution in [0.25, 0.3) is 11.3 Å².